The lowest BCUT2D eigenvalue weighted by molar-refractivity contribution is -0.115. The Kier molecular flexibility index (Phi) is 5.87. The van der Waals surface area contributed by atoms with Gasteiger partial charge in [-0.15, -0.1) is 11.3 Å². The first-order valence-electron chi connectivity index (χ1n) is 10.4. The fraction of sp³-hybridized carbons (Fsp3) is 0.250. The van der Waals surface area contributed by atoms with Crippen molar-refractivity contribution in [3.63, 3.8) is 0 Å². The molecule has 0 radical (unpaired) electrons. The van der Waals surface area contributed by atoms with Crippen molar-refractivity contribution in [3.05, 3.63) is 76.5 Å². The summed E-state index contributed by atoms with van der Waals surface area (Å²) >= 11 is 7.69. The number of aromatic nitrogens is 2. The van der Waals surface area contributed by atoms with E-state index in [0.717, 1.165) is 59.9 Å². The minimum Gasteiger partial charge on any atom is -0.357 e. The molecule has 1 aliphatic heterocycles. The third kappa shape index (κ3) is 4.57. The summed E-state index contributed by atoms with van der Waals surface area (Å²) in [7, 11) is 0. The van der Waals surface area contributed by atoms with Crippen molar-refractivity contribution in [2.24, 2.45) is 0 Å². The van der Waals surface area contributed by atoms with Gasteiger partial charge in [-0.05, 0) is 41.5 Å². The molecule has 1 aromatic carbocycles. The van der Waals surface area contributed by atoms with Crippen molar-refractivity contribution < 1.29 is 4.79 Å². The van der Waals surface area contributed by atoms with Gasteiger partial charge in [0.25, 0.3) is 0 Å². The van der Waals surface area contributed by atoms with E-state index in [4.69, 9.17) is 11.6 Å². The van der Waals surface area contributed by atoms with Gasteiger partial charge in [0.2, 0.25) is 0 Å². The Morgan fingerprint density at radius 3 is 2.90 bits per heavy atom. The van der Waals surface area contributed by atoms with Gasteiger partial charge in [-0.1, -0.05) is 29.8 Å². The van der Waals surface area contributed by atoms with Gasteiger partial charge in [0.15, 0.2) is 0 Å². The minimum absolute atomic E-state index is 0.113. The van der Waals surface area contributed by atoms with Gasteiger partial charge >= 0.3 is 0 Å². The van der Waals surface area contributed by atoms with Gasteiger partial charge in [-0.25, -0.2) is 0 Å². The summed E-state index contributed by atoms with van der Waals surface area (Å²) in [6, 6.07) is 16.6. The van der Waals surface area contributed by atoms with E-state index in [1.165, 1.54) is 16.0 Å². The molecule has 4 aromatic rings. The molecule has 1 atom stereocenters. The number of carbonyl (C=O) groups excluding carboxylic acids is 1. The molecule has 1 fully saturated rings. The van der Waals surface area contributed by atoms with Gasteiger partial charge in [0.1, 0.15) is 6.29 Å². The Balaban J connectivity index is 1.25. The molecule has 1 unspecified atom stereocenters. The topological polar surface area (TPSA) is 52.2 Å². The van der Waals surface area contributed by atoms with Gasteiger partial charge in [0.05, 0.1) is 10.4 Å². The first-order chi connectivity index (χ1) is 15.2. The summed E-state index contributed by atoms with van der Waals surface area (Å²) in [5.41, 5.74) is 4.64. The van der Waals surface area contributed by atoms with E-state index < -0.39 is 0 Å². The van der Waals surface area contributed by atoms with Gasteiger partial charge in [0, 0.05) is 66.6 Å². The van der Waals surface area contributed by atoms with Crippen LogP contribution in [0.2, 0.25) is 4.34 Å². The molecule has 0 bridgehead atoms. The predicted molar refractivity (Wildman–Crippen MR) is 126 cm³/mol. The normalized spacial score (nSPS) is 17.9. The molecule has 0 aliphatic carbocycles. The number of benzene rings is 1. The van der Waals surface area contributed by atoms with Crippen molar-refractivity contribution in [3.8, 4) is 10.4 Å². The Morgan fingerprint density at radius 1 is 1.16 bits per heavy atom. The highest BCUT2D eigenvalue weighted by Crippen LogP contribution is 2.31. The standard InChI is InChI=1S/C24H23ClN4OS/c25-24-5-4-23(31-24)18-3-1-2-17(10-18)13-28-8-9-29(21(15-28)16-30)14-20-11-19-12-26-7-6-22(19)27-20/h1-7,10-12,16,21,27H,8-9,13-15H2. The van der Waals surface area contributed by atoms with Crippen LogP contribution in [0.4, 0.5) is 0 Å². The quantitative estimate of drug-likeness (QED) is 0.427. The minimum atomic E-state index is -0.113. The second-order valence-electron chi connectivity index (χ2n) is 7.97. The number of carbonyl (C=O) groups is 1. The molecule has 4 heterocycles. The van der Waals surface area contributed by atoms with Crippen LogP contribution >= 0.6 is 22.9 Å². The van der Waals surface area contributed by atoms with E-state index in [2.05, 4.69) is 56.2 Å². The van der Waals surface area contributed by atoms with E-state index in [1.54, 1.807) is 17.5 Å². The molecule has 1 saturated heterocycles. The summed E-state index contributed by atoms with van der Waals surface area (Å²) in [5, 5.41) is 1.10. The third-order valence-electron chi connectivity index (χ3n) is 5.82. The lowest BCUT2D eigenvalue weighted by Crippen LogP contribution is -2.53. The maximum absolute atomic E-state index is 11.9. The Hall–Kier alpha value is -2.51. The van der Waals surface area contributed by atoms with Crippen LogP contribution in [0.5, 0.6) is 0 Å². The van der Waals surface area contributed by atoms with Crippen LogP contribution in [0, 0.1) is 0 Å². The molecular weight excluding hydrogens is 428 g/mol. The van der Waals surface area contributed by atoms with Crippen molar-refractivity contribution in [2.45, 2.75) is 19.1 Å². The highest BCUT2D eigenvalue weighted by molar-refractivity contribution is 7.19. The first-order valence-corrected chi connectivity index (χ1v) is 11.6. The molecule has 1 N–H and O–H groups in total. The Morgan fingerprint density at radius 2 is 2.10 bits per heavy atom. The number of hydrogen-bond acceptors (Lipinski definition) is 5. The number of aromatic amines is 1. The Labute approximate surface area is 190 Å². The number of pyridine rings is 1. The number of thiophene rings is 1. The molecule has 0 spiro atoms. The Bertz CT molecular complexity index is 1170. The maximum atomic E-state index is 11.9. The number of nitrogens with one attached hydrogen (secondary N) is 1. The summed E-state index contributed by atoms with van der Waals surface area (Å²) < 4.78 is 0.802. The lowest BCUT2D eigenvalue weighted by atomic mass is 10.1. The van der Waals surface area contributed by atoms with Crippen molar-refractivity contribution in [1.29, 1.82) is 0 Å². The van der Waals surface area contributed by atoms with E-state index in [-0.39, 0.29) is 6.04 Å². The summed E-state index contributed by atoms with van der Waals surface area (Å²) in [4.78, 5) is 25.3. The number of halogens is 1. The summed E-state index contributed by atoms with van der Waals surface area (Å²) in [6.45, 7) is 4.10. The summed E-state index contributed by atoms with van der Waals surface area (Å²) in [6.07, 6.45) is 4.74. The van der Waals surface area contributed by atoms with Crippen LogP contribution in [-0.4, -0.2) is 51.7 Å². The van der Waals surface area contributed by atoms with E-state index >= 15 is 0 Å². The number of hydrogen-bond donors (Lipinski definition) is 1. The van der Waals surface area contributed by atoms with Crippen LogP contribution in [0.25, 0.3) is 21.3 Å². The largest absolute Gasteiger partial charge is 0.357 e. The lowest BCUT2D eigenvalue weighted by Gasteiger charge is -2.38. The second kappa shape index (κ2) is 8.93. The molecule has 0 amide bonds. The molecule has 3 aromatic heterocycles. The fourth-order valence-electron chi connectivity index (χ4n) is 4.26. The number of H-pyrrole nitrogens is 1. The number of fused-ring (bicyclic) bond motifs is 1. The van der Waals surface area contributed by atoms with Crippen LogP contribution in [0.3, 0.4) is 0 Å². The van der Waals surface area contributed by atoms with Crippen LogP contribution < -0.4 is 0 Å². The first kappa shape index (κ1) is 20.4. The highest BCUT2D eigenvalue weighted by atomic mass is 35.5. The zero-order valence-electron chi connectivity index (χ0n) is 17.0. The predicted octanol–water partition coefficient (Wildman–Crippen LogP) is 4.83. The number of aldehydes is 1. The fourth-order valence-corrected chi connectivity index (χ4v) is 5.30. The van der Waals surface area contributed by atoms with E-state index in [0.29, 0.717) is 0 Å². The summed E-state index contributed by atoms with van der Waals surface area (Å²) in [5.74, 6) is 0. The number of nitrogens with zero attached hydrogens (tertiary/aromatic N) is 3. The van der Waals surface area contributed by atoms with Crippen molar-refractivity contribution in [1.82, 2.24) is 19.8 Å². The van der Waals surface area contributed by atoms with Gasteiger partial charge in [-0.2, -0.15) is 0 Å². The van der Waals surface area contributed by atoms with Crippen molar-refractivity contribution in [2.75, 3.05) is 19.6 Å². The zero-order chi connectivity index (χ0) is 21.2. The van der Waals surface area contributed by atoms with Crippen LogP contribution in [0.1, 0.15) is 11.3 Å². The van der Waals surface area contributed by atoms with E-state index in [9.17, 15) is 4.79 Å². The molecule has 1 aliphatic rings. The SMILES string of the molecule is O=CC1CN(Cc2cccc(-c3ccc(Cl)s3)c2)CCN1Cc1cc2cnccc2[nH]1. The second-order valence-corrected chi connectivity index (χ2v) is 9.69. The van der Waals surface area contributed by atoms with Gasteiger partial charge < -0.3 is 9.78 Å². The molecule has 0 saturated carbocycles. The molecule has 5 rings (SSSR count). The smallest absolute Gasteiger partial charge is 0.138 e. The van der Waals surface area contributed by atoms with Gasteiger partial charge in [-0.3, -0.25) is 14.8 Å². The maximum Gasteiger partial charge on any atom is 0.138 e. The van der Waals surface area contributed by atoms with E-state index in [1.807, 2.05) is 18.3 Å². The zero-order valence-corrected chi connectivity index (χ0v) is 18.6. The van der Waals surface area contributed by atoms with Crippen LogP contribution in [0.15, 0.2) is 60.9 Å². The highest BCUT2D eigenvalue weighted by Gasteiger charge is 2.27. The number of rotatable bonds is 6. The molecular formula is C24H23ClN4OS. The average Bonchev–Trinajstić information content (AvgIpc) is 3.40. The molecule has 7 heteroatoms. The van der Waals surface area contributed by atoms with Crippen molar-refractivity contribution >= 4 is 40.1 Å². The molecule has 158 valence electrons. The number of piperazine rings is 1. The monoisotopic (exact) mass is 450 g/mol. The third-order valence-corrected chi connectivity index (χ3v) is 7.10. The van der Waals surface area contributed by atoms with Crippen LogP contribution in [-0.2, 0) is 17.9 Å². The molecule has 31 heavy (non-hydrogen) atoms. The average molecular weight is 451 g/mol. The molecule has 5 nitrogen and oxygen atoms in total.